The van der Waals surface area contributed by atoms with Crippen molar-refractivity contribution in [1.29, 1.82) is 0 Å². The molecule has 0 aliphatic carbocycles. The van der Waals surface area contributed by atoms with E-state index in [1.165, 1.54) is 7.11 Å². The molecule has 0 amide bonds. The van der Waals surface area contributed by atoms with E-state index in [2.05, 4.69) is 5.32 Å². The predicted molar refractivity (Wildman–Crippen MR) is 95.5 cm³/mol. The fourth-order valence-electron chi connectivity index (χ4n) is 2.64. The molecule has 2 N–H and O–H groups in total. The summed E-state index contributed by atoms with van der Waals surface area (Å²) in [5, 5.41) is 13.4. The summed E-state index contributed by atoms with van der Waals surface area (Å²) in [7, 11) is 1.54. The monoisotopic (exact) mass is 351 g/mol. The van der Waals surface area contributed by atoms with Gasteiger partial charge in [-0.15, -0.1) is 0 Å². The molecule has 140 valence electrons. The fraction of sp³-hybridized carbons (Fsp3) is 0.632. The van der Waals surface area contributed by atoms with Gasteiger partial charge in [0, 0.05) is 30.1 Å². The lowest BCUT2D eigenvalue weighted by Crippen LogP contribution is -2.42. The maximum Gasteiger partial charge on any atom is 0.338 e. The molecule has 0 spiro atoms. The van der Waals surface area contributed by atoms with E-state index in [0.717, 1.165) is 12.0 Å². The summed E-state index contributed by atoms with van der Waals surface area (Å²) in [5.74, 6) is 0.744. The number of hydrogen-bond acceptors (Lipinski definition) is 6. The van der Waals surface area contributed by atoms with Gasteiger partial charge >= 0.3 is 5.97 Å². The third-order valence-electron chi connectivity index (χ3n) is 4.10. The first-order valence-electron chi connectivity index (χ1n) is 8.71. The average Bonchev–Trinajstić information content (AvgIpc) is 2.57. The molecule has 2 unspecified atom stereocenters. The normalized spacial score (nSPS) is 18.3. The minimum absolute atomic E-state index is 0.0752. The first-order valence-corrected chi connectivity index (χ1v) is 8.71. The molecule has 1 aromatic rings. The second-order valence-corrected chi connectivity index (χ2v) is 7.39. The number of β-amino-alcohol motifs (C(OH)–C–C–N with tert-alkyl or cyclic N) is 1. The first kappa shape index (κ1) is 19.5. The van der Waals surface area contributed by atoms with Gasteiger partial charge < -0.3 is 24.6 Å². The molecule has 1 aliphatic heterocycles. The molecule has 0 saturated carbocycles. The zero-order valence-corrected chi connectivity index (χ0v) is 15.7. The Morgan fingerprint density at radius 3 is 2.72 bits per heavy atom. The van der Waals surface area contributed by atoms with Crippen LogP contribution in [0.4, 0.5) is 0 Å². The molecular formula is C19H29NO5. The third kappa shape index (κ3) is 5.34. The molecular weight excluding hydrogens is 322 g/mol. The van der Waals surface area contributed by atoms with Gasteiger partial charge in [-0.1, -0.05) is 6.92 Å². The topological polar surface area (TPSA) is 77.0 Å². The second-order valence-electron chi connectivity index (χ2n) is 7.39. The Balaban J connectivity index is 2.14. The minimum Gasteiger partial charge on any atom is -0.497 e. The smallest absolute Gasteiger partial charge is 0.338 e. The van der Waals surface area contributed by atoms with Gasteiger partial charge in [0.1, 0.15) is 30.3 Å². The Hall–Kier alpha value is -1.79. The SMILES string of the molecule is CCC1Cc2c(OCC(O)CNC(C)(C)C)cc(OC)cc2C(=O)O1. The molecule has 6 heteroatoms. The van der Waals surface area contributed by atoms with Crippen LogP contribution in [0.3, 0.4) is 0 Å². The summed E-state index contributed by atoms with van der Waals surface area (Å²) in [5.41, 5.74) is 1.22. The van der Waals surface area contributed by atoms with E-state index >= 15 is 0 Å². The van der Waals surface area contributed by atoms with Gasteiger partial charge in [-0.3, -0.25) is 0 Å². The Labute approximate surface area is 149 Å². The van der Waals surface area contributed by atoms with Gasteiger partial charge in [-0.25, -0.2) is 4.79 Å². The quantitative estimate of drug-likeness (QED) is 0.734. The fourth-order valence-corrected chi connectivity index (χ4v) is 2.64. The number of esters is 1. The number of hydrogen-bond donors (Lipinski definition) is 2. The molecule has 2 rings (SSSR count). The number of fused-ring (bicyclic) bond motifs is 1. The molecule has 1 aliphatic rings. The number of ether oxygens (including phenoxy) is 3. The van der Waals surface area contributed by atoms with Crippen molar-refractivity contribution in [1.82, 2.24) is 5.32 Å². The summed E-state index contributed by atoms with van der Waals surface area (Å²) in [6.07, 6.45) is 0.545. The maximum atomic E-state index is 12.2. The zero-order valence-electron chi connectivity index (χ0n) is 15.7. The number of benzene rings is 1. The molecule has 6 nitrogen and oxygen atoms in total. The van der Waals surface area contributed by atoms with Crippen molar-refractivity contribution < 1.29 is 24.1 Å². The van der Waals surface area contributed by atoms with Crippen molar-refractivity contribution in [3.05, 3.63) is 23.3 Å². The maximum absolute atomic E-state index is 12.2. The average molecular weight is 351 g/mol. The summed E-state index contributed by atoms with van der Waals surface area (Å²) >= 11 is 0. The van der Waals surface area contributed by atoms with E-state index in [4.69, 9.17) is 14.2 Å². The van der Waals surface area contributed by atoms with Crippen molar-refractivity contribution in [3.8, 4) is 11.5 Å². The molecule has 25 heavy (non-hydrogen) atoms. The van der Waals surface area contributed by atoms with Gasteiger partial charge in [0.05, 0.1) is 12.7 Å². The van der Waals surface area contributed by atoms with E-state index in [-0.39, 0.29) is 24.2 Å². The van der Waals surface area contributed by atoms with Gasteiger partial charge in [-0.2, -0.15) is 0 Å². The van der Waals surface area contributed by atoms with Gasteiger partial charge in [-0.05, 0) is 33.3 Å². The highest BCUT2D eigenvalue weighted by molar-refractivity contribution is 5.93. The van der Waals surface area contributed by atoms with E-state index in [0.29, 0.717) is 30.0 Å². The molecule has 0 bridgehead atoms. The number of rotatable bonds is 7. The standard InChI is InChI=1S/C19H29NO5/c1-6-13-7-15-16(18(22)25-13)8-14(23-5)9-17(15)24-11-12(21)10-20-19(2,3)4/h8-9,12-13,20-21H,6-7,10-11H2,1-5H3. The molecule has 0 saturated heterocycles. The Morgan fingerprint density at radius 1 is 1.40 bits per heavy atom. The van der Waals surface area contributed by atoms with Crippen LogP contribution < -0.4 is 14.8 Å². The van der Waals surface area contributed by atoms with Gasteiger partial charge in [0.25, 0.3) is 0 Å². The number of nitrogens with one attached hydrogen (secondary N) is 1. The Kier molecular flexibility index (Phi) is 6.30. The summed E-state index contributed by atoms with van der Waals surface area (Å²) < 4.78 is 16.5. The number of carbonyl (C=O) groups excluding carboxylic acids is 1. The van der Waals surface area contributed by atoms with Crippen LogP contribution in [0.1, 0.15) is 50.0 Å². The summed E-state index contributed by atoms with van der Waals surface area (Å²) in [6.45, 7) is 8.65. The van der Waals surface area contributed by atoms with Crippen LogP contribution in [0.25, 0.3) is 0 Å². The van der Waals surface area contributed by atoms with Crippen LogP contribution in [0.2, 0.25) is 0 Å². The van der Waals surface area contributed by atoms with E-state index in [1.54, 1.807) is 12.1 Å². The molecule has 1 aromatic carbocycles. The van der Waals surface area contributed by atoms with Crippen molar-refractivity contribution >= 4 is 5.97 Å². The zero-order chi connectivity index (χ0) is 18.6. The van der Waals surface area contributed by atoms with Crippen LogP contribution in [0, 0.1) is 0 Å². The Bertz CT molecular complexity index is 609. The first-order chi connectivity index (χ1) is 11.7. The number of aliphatic hydroxyl groups excluding tert-OH is 1. The van der Waals surface area contributed by atoms with Crippen molar-refractivity contribution in [3.63, 3.8) is 0 Å². The number of cyclic esters (lactones) is 1. The van der Waals surface area contributed by atoms with E-state index in [9.17, 15) is 9.90 Å². The predicted octanol–water partition coefficient (Wildman–Crippen LogP) is 2.31. The lowest BCUT2D eigenvalue weighted by atomic mass is 9.96. The molecule has 0 aromatic heterocycles. The largest absolute Gasteiger partial charge is 0.497 e. The minimum atomic E-state index is -0.654. The number of methoxy groups -OCH3 is 1. The summed E-state index contributed by atoms with van der Waals surface area (Å²) in [6, 6.07) is 3.43. The van der Waals surface area contributed by atoms with Crippen LogP contribution in [-0.2, 0) is 11.2 Å². The van der Waals surface area contributed by atoms with Crippen LogP contribution in [0.15, 0.2) is 12.1 Å². The van der Waals surface area contributed by atoms with Crippen LogP contribution in [-0.4, -0.2) is 49.1 Å². The summed E-state index contributed by atoms with van der Waals surface area (Å²) in [4.78, 5) is 12.2. The number of carbonyl (C=O) groups is 1. The molecule has 1 heterocycles. The van der Waals surface area contributed by atoms with Crippen LogP contribution >= 0.6 is 0 Å². The molecule has 0 radical (unpaired) electrons. The van der Waals surface area contributed by atoms with E-state index in [1.807, 2.05) is 27.7 Å². The van der Waals surface area contributed by atoms with Crippen molar-refractivity contribution in [2.75, 3.05) is 20.3 Å². The van der Waals surface area contributed by atoms with Gasteiger partial charge in [0.2, 0.25) is 0 Å². The lowest BCUT2D eigenvalue weighted by molar-refractivity contribution is 0.0243. The highest BCUT2D eigenvalue weighted by Gasteiger charge is 2.29. The third-order valence-corrected chi connectivity index (χ3v) is 4.10. The Morgan fingerprint density at radius 2 is 2.12 bits per heavy atom. The number of aliphatic hydroxyl groups is 1. The van der Waals surface area contributed by atoms with Crippen LogP contribution in [0.5, 0.6) is 11.5 Å². The van der Waals surface area contributed by atoms with E-state index < -0.39 is 6.10 Å². The lowest BCUT2D eigenvalue weighted by Gasteiger charge is -2.27. The van der Waals surface area contributed by atoms with Crippen molar-refractivity contribution in [2.45, 2.75) is 58.3 Å². The second kappa shape index (κ2) is 8.06. The van der Waals surface area contributed by atoms with Crippen molar-refractivity contribution in [2.24, 2.45) is 0 Å². The molecule has 2 atom stereocenters. The van der Waals surface area contributed by atoms with Gasteiger partial charge in [0.15, 0.2) is 0 Å². The molecule has 0 fully saturated rings. The highest BCUT2D eigenvalue weighted by Crippen LogP contribution is 2.34. The highest BCUT2D eigenvalue weighted by atomic mass is 16.5.